The summed E-state index contributed by atoms with van der Waals surface area (Å²) in [6.07, 6.45) is -0.584. The largest absolute Gasteiger partial charge is 0.485 e. The molecule has 1 N–H and O–H groups in total. The molecule has 0 bridgehead atoms. The second kappa shape index (κ2) is 10.2. The zero-order valence-corrected chi connectivity index (χ0v) is 20.6. The summed E-state index contributed by atoms with van der Waals surface area (Å²) in [5.74, 6) is 0.558. The van der Waals surface area contributed by atoms with Crippen molar-refractivity contribution in [2.45, 2.75) is 71.7 Å². The second-order valence-corrected chi connectivity index (χ2v) is 9.71. The van der Waals surface area contributed by atoms with Crippen molar-refractivity contribution in [3.05, 3.63) is 94.8 Å². The van der Waals surface area contributed by atoms with Crippen LogP contribution in [0, 0.1) is 12.7 Å². The van der Waals surface area contributed by atoms with E-state index in [2.05, 4.69) is 30.4 Å². The highest BCUT2D eigenvalue weighted by Gasteiger charge is 2.46. The van der Waals surface area contributed by atoms with E-state index in [1.807, 2.05) is 58.0 Å². The van der Waals surface area contributed by atoms with Gasteiger partial charge in [0.2, 0.25) is 0 Å². The van der Waals surface area contributed by atoms with Crippen LogP contribution in [0.1, 0.15) is 56.1 Å². The molecule has 0 radical (unpaired) electrons. The van der Waals surface area contributed by atoms with Gasteiger partial charge in [-0.1, -0.05) is 36.4 Å². The lowest BCUT2D eigenvalue weighted by atomic mass is 9.87. The van der Waals surface area contributed by atoms with Gasteiger partial charge in [-0.2, -0.15) is 0 Å². The maximum absolute atomic E-state index is 13.6. The molecule has 3 aromatic rings. The Hall–Kier alpha value is -2.89. The molecule has 4 rings (SSSR count). The van der Waals surface area contributed by atoms with Gasteiger partial charge in [0.05, 0.1) is 12.7 Å². The molecule has 1 heterocycles. The minimum absolute atomic E-state index is 0.0141. The Bertz CT molecular complexity index is 1130. The van der Waals surface area contributed by atoms with Gasteiger partial charge in [-0.25, -0.2) is 4.39 Å². The predicted octanol–water partition coefficient (Wildman–Crippen LogP) is 6.97. The van der Waals surface area contributed by atoms with Crippen molar-refractivity contribution in [3.8, 4) is 5.75 Å². The van der Waals surface area contributed by atoms with Gasteiger partial charge < -0.3 is 19.5 Å². The number of aryl methyl sites for hydroxylation is 1. The standard InChI is InChI=1S/C29H34FNO3/c1-19(2)33-27-25-16-24(31-17-21-10-8-12-23(30)15-21)13-14-26(25)34-29(4,5)28(27)32-18-22-11-7-6-9-20(22)3/h6-16,19,27-28,31H,17-18H2,1-5H3. The van der Waals surface area contributed by atoms with E-state index in [4.69, 9.17) is 14.2 Å². The highest BCUT2D eigenvalue weighted by Crippen LogP contribution is 2.45. The number of fused-ring (bicyclic) bond motifs is 1. The first-order valence-electron chi connectivity index (χ1n) is 11.9. The van der Waals surface area contributed by atoms with Gasteiger partial charge in [0.15, 0.2) is 0 Å². The Kier molecular flexibility index (Phi) is 7.24. The molecule has 0 spiro atoms. The van der Waals surface area contributed by atoms with Gasteiger partial charge in [0.1, 0.15) is 29.4 Å². The van der Waals surface area contributed by atoms with Crippen LogP contribution in [0.5, 0.6) is 5.75 Å². The third-order valence-corrected chi connectivity index (χ3v) is 6.13. The number of hydrogen-bond donors (Lipinski definition) is 1. The Balaban J connectivity index is 1.60. The Morgan fingerprint density at radius 2 is 1.82 bits per heavy atom. The second-order valence-electron chi connectivity index (χ2n) is 9.71. The number of nitrogens with one attached hydrogen (secondary N) is 1. The van der Waals surface area contributed by atoms with Crippen LogP contribution in [-0.2, 0) is 22.6 Å². The van der Waals surface area contributed by atoms with Crippen molar-refractivity contribution in [2.75, 3.05) is 5.32 Å². The number of benzene rings is 3. The summed E-state index contributed by atoms with van der Waals surface area (Å²) in [5, 5.41) is 3.39. The lowest BCUT2D eigenvalue weighted by molar-refractivity contribution is -0.177. The van der Waals surface area contributed by atoms with Crippen molar-refractivity contribution >= 4 is 5.69 Å². The first-order chi connectivity index (χ1) is 16.2. The molecule has 0 saturated carbocycles. The van der Waals surface area contributed by atoms with Gasteiger partial charge in [0.25, 0.3) is 0 Å². The molecule has 34 heavy (non-hydrogen) atoms. The molecule has 0 saturated heterocycles. The highest BCUT2D eigenvalue weighted by molar-refractivity contribution is 5.54. The summed E-state index contributed by atoms with van der Waals surface area (Å²) in [6, 6.07) is 20.9. The first-order valence-corrected chi connectivity index (χ1v) is 11.9. The summed E-state index contributed by atoms with van der Waals surface area (Å²) in [6.45, 7) is 11.3. The molecule has 2 atom stereocenters. The number of anilines is 1. The van der Waals surface area contributed by atoms with E-state index in [9.17, 15) is 4.39 Å². The molecule has 0 aromatic heterocycles. The smallest absolute Gasteiger partial charge is 0.132 e. The van der Waals surface area contributed by atoms with Crippen LogP contribution in [0.25, 0.3) is 0 Å². The fourth-order valence-electron chi connectivity index (χ4n) is 4.37. The summed E-state index contributed by atoms with van der Waals surface area (Å²) in [5.41, 5.74) is 4.52. The number of halogens is 1. The molecule has 180 valence electrons. The monoisotopic (exact) mass is 463 g/mol. The molecule has 2 unspecified atom stereocenters. The first kappa shape index (κ1) is 24.2. The molecule has 0 amide bonds. The van der Waals surface area contributed by atoms with Crippen molar-refractivity contribution in [1.82, 2.24) is 0 Å². The molecule has 4 nitrogen and oxygen atoms in total. The average Bonchev–Trinajstić information content (AvgIpc) is 2.78. The zero-order valence-electron chi connectivity index (χ0n) is 20.6. The Labute approximate surface area is 202 Å². The van der Waals surface area contributed by atoms with E-state index in [1.165, 1.54) is 17.7 Å². The minimum atomic E-state index is -0.578. The van der Waals surface area contributed by atoms with E-state index in [-0.39, 0.29) is 24.1 Å². The fraction of sp³-hybridized carbons (Fsp3) is 0.379. The normalized spacial score (nSPS) is 18.9. The lowest BCUT2D eigenvalue weighted by Gasteiger charge is -2.45. The molecule has 1 aliphatic rings. The molecule has 0 fully saturated rings. The topological polar surface area (TPSA) is 39.7 Å². The fourth-order valence-corrected chi connectivity index (χ4v) is 4.37. The minimum Gasteiger partial charge on any atom is -0.485 e. The molecule has 1 aliphatic heterocycles. The third-order valence-electron chi connectivity index (χ3n) is 6.13. The van der Waals surface area contributed by atoms with E-state index in [0.29, 0.717) is 13.2 Å². The number of rotatable bonds is 8. The molecular weight excluding hydrogens is 429 g/mol. The summed E-state index contributed by atoms with van der Waals surface area (Å²) in [4.78, 5) is 0. The van der Waals surface area contributed by atoms with Gasteiger partial charge in [-0.3, -0.25) is 0 Å². The molecule has 0 aliphatic carbocycles. The molecule has 3 aromatic carbocycles. The van der Waals surface area contributed by atoms with Crippen molar-refractivity contribution in [2.24, 2.45) is 0 Å². The van der Waals surface area contributed by atoms with Crippen LogP contribution < -0.4 is 10.1 Å². The van der Waals surface area contributed by atoms with Crippen molar-refractivity contribution in [3.63, 3.8) is 0 Å². The Morgan fingerprint density at radius 3 is 2.56 bits per heavy atom. The predicted molar refractivity (Wildman–Crippen MR) is 134 cm³/mol. The summed E-state index contributed by atoms with van der Waals surface area (Å²) >= 11 is 0. The molecular formula is C29H34FNO3. The zero-order chi connectivity index (χ0) is 24.3. The SMILES string of the molecule is Cc1ccccc1COC1C(OC(C)C)c2cc(NCc3cccc(F)c3)ccc2OC1(C)C. The van der Waals surface area contributed by atoms with Crippen LogP contribution in [0.4, 0.5) is 10.1 Å². The van der Waals surface area contributed by atoms with Crippen LogP contribution in [0.2, 0.25) is 0 Å². The van der Waals surface area contributed by atoms with Crippen molar-refractivity contribution in [1.29, 1.82) is 0 Å². The number of hydrogen-bond acceptors (Lipinski definition) is 4. The van der Waals surface area contributed by atoms with Crippen LogP contribution in [0.15, 0.2) is 66.7 Å². The lowest BCUT2D eigenvalue weighted by Crippen LogP contribution is -2.51. The van der Waals surface area contributed by atoms with Crippen molar-refractivity contribution < 1.29 is 18.6 Å². The van der Waals surface area contributed by atoms with Crippen LogP contribution >= 0.6 is 0 Å². The van der Waals surface area contributed by atoms with E-state index in [0.717, 1.165) is 28.1 Å². The van der Waals surface area contributed by atoms with Gasteiger partial charge >= 0.3 is 0 Å². The van der Waals surface area contributed by atoms with E-state index < -0.39 is 5.60 Å². The summed E-state index contributed by atoms with van der Waals surface area (Å²) < 4.78 is 32.9. The van der Waals surface area contributed by atoms with Crippen LogP contribution in [-0.4, -0.2) is 17.8 Å². The Morgan fingerprint density at radius 1 is 1.03 bits per heavy atom. The van der Waals surface area contributed by atoms with Gasteiger partial charge in [-0.15, -0.1) is 0 Å². The molecule has 5 heteroatoms. The van der Waals surface area contributed by atoms with Gasteiger partial charge in [0, 0.05) is 17.8 Å². The summed E-state index contributed by atoms with van der Waals surface area (Å²) in [7, 11) is 0. The highest BCUT2D eigenvalue weighted by atomic mass is 19.1. The van der Waals surface area contributed by atoms with Crippen LogP contribution in [0.3, 0.4) is 0 Å². The van der Waals surface area contributed by atoms with Gasteiger partial charge in [-0.05, 0) is 81.6 Å². The quantitative estimate of drug-likeness (QED) is 0.392. The third kappa shape index (κ3) is 5.60. The van der Waals surface area contributed by atoms with E-state index in [1.54, 1.807) is 6.07 Å². The maximum Gasteiger partial charge on any atom is 0.132 e. The van der Waals surface area contributed by atoms with E-state index >= 15 is 0 Å². The average molecular weight is 464 g/mol. The number of ether oxygens (including phenoxy) is 3. The maximum atomic E-state index is 13.6.